The summed E-state index contributed by atoms with van der Waals surface area (Å²) in [6.45, 7) is 1.69. The van der Waals surface area contributed by atoms with E-state index >= 15 is 0 Å². The molecule has 0 radical (unpaired) electrons. The number of para-hydroxylation sites is 2. The molecule has 3 aromatic rings. The minimum Gasteiger partial charge on any atom is -0.438 e. The Bertz CT molecular complexity index is 793. The Morgan fingerprint density at radius 3 is 2.83 bits per heavy atom. The van der Waals surface area contributed by atoms with Gasteiger partial charge in [-0.25, -0.2) is 4.98 Å². The molecule has 118 valence electrons. The maximum atomic E-state index is 11.9. The highest BCUT2D eigenvalue weighted by atomic mass is 32.1. The summed E-state index contributed by atoms with van der Waals surface area (Å²) in [6, 6.07) is 10.5. The van der Waals surface area contributed by atoms with E-state index in [0.717, 1.165) is 5.52 Å². The lowest BCUT2D eigenvalue weighted by Gasteiger charge is -2.10. The lowest BCUT2D eigenvalue weighted by molar-refractivity contribution is -0.120. The fraction of sp³-hybridized carbons (Fsp3) is 0.188. The Kier molecular flexibility index (Phi) is 4.38. The Balaban J connectivity index is 1.55. The predicted molar refractivity (Wildman–Crippen MR) is 87.2 cm³/mol. The number of hydrogen-bond acceptors (Lipinski definition) is 5. The Hall–Kier alpha value is -2.67. The molecule has 0 aliphatic carbocycles. The van der Waals surface area contributed by atoms with Crippen LogP contribution in [0.5, 0.6) is 0 Å². The number of carbonyl (C=O) groups excluding carboxylic acids is 2. The van der Waals surface area contributed by atoms with Gasteiger partial charge in [0.15, 0.2) is 5.58 Å². The van der Waals surface area contributed by atoms with Crippen molar-refractivity contribution in [3.8, 4) is 0 Å². The molecule has 1 aromatic carbocycles. The van der Waals surface area contributed by atoms with Crippen molar-refractivity contribution in [1.82, 2.24) is 15.6 Å². The van der Waals surface area contributed by atoms with Crippen LogP contribution in [0.15, 0.2) is 46.2 Å². The van der Waals surface area contributed by atoms with E-state index in [1.807, 2.05) is 29.6 Å². The fourth-order valence-electron chi connectivity index (χ4n) is 2.08. The molecule has 2 N–H and O–H groups in total. The van der Waals surface area contributed by atoms with E-state index in [0.29, 0.717) is 16.4 Å². The molecule has 2 amide bonds. The summed E-state index contributed by atoms with van der Waals surface area (Å²) in [6.07, 6.45) is 0. The van der Waals surface area contributed by atoms with E-state index < -0.39 is 0 Å². The average Bonchev–Trinajstić information content (AvgIpc) is 3.21. The molecule has 0 bridgehead atoms. The summed E-state index contributed by atoms with van der Waals surface area (Å²) in [5, 5.41) is 7.14. The van der Waals surface area contributed by atoms with Crippen molar-refractivity contribution in [1.29, 1.82) is 0 Å². The molecule has 2 heterocycles. The van der Waals surface area contributed by atoms with Crippen LogP contribution in [0.25, 0.3) is 11.1 Å². The summed E-state index contributed by atoms with van der Waals surface area (Å²) in [5.41, 5.74) is 1.42. The van der Waals surface area contributed by atoms with Crippen LogP contribution in [0, 0.1) is 0 Å². The zero-order valence-electron chi connectivity index (χ0n) is 12.4. The molecule has 1 unspecified atom stereocenters. The smallest absolute Gasteiger partial charge is 0.261 e. The van der Waals surface area contributed by atoms with E-state index in [1.165, 1.54) is 11.3 Å². The van der Waals surface area contributed by atoms with Crippen LogP contribution in [0.2, 0.25) is 0 Å². The van der Waals surface area contributed by atoms with Gasteiger partial charge in [-0.05, 0) is 30.5 Å². The first-order valence-electron chi connectivity index (χ1n) is 7.10. The molecule has 1 atom stereocenters. The molecule has 0 saturated carbocycles. The molecule has 0 saturated heterocycles. The third kappa shape index (κ3) is 3.57. The first-order valence-corrected chi connectivity index (χ1v) is 7.98. The Morgan fingerprint density at radius 1 is 1.26 bits per heavy atom. The minimum atomic E-state index is -0.381. The van der Waals surface area contributed by atoms with Crippen molar-refractivity contribution >= 4 is 34.3 Å². The summed E-state index contributed by atoms with van der Waals surface area (Å²) in [5.74, 6) is -0.126. The van der Waals surface area contributed by atoms with E-state index in [9.17, 15) is 9.59 Å². The lowest BCUT2D eigenvalue weighted by atomic mass is 10.3. The summed E-state index contributed by atoms with van der Waals surface area (Å²) < 4.78 is 5.60. The number of hydrogen-bond donors (Lipinski definition) is 2. The minimum absolute atomic E-state index is 0.0959. The molecule has 0 aliphatic rings. The molecule has 7 heteroatoms. The molecule has 6 nitrogen and oxygen atoms in total. The number of benzene rings is 1. The molecule has 23 heavy (non-hydrogen) atoms. The van der Waals surface area contributed by atoms with Gasteiger partial charge in [-0.1, -0.05) is 18.2 Å². The van der Waals surface area contributed by atoms with Gasteiger partial charge in [-0.3, -0.25) is 9.59 Å². The van der Waals surface area contributed by atoms with Crippen LogP contribution in [-0.2, 0) is 4.79 Å². The van der Waals surface area contributed by atoms with Gasteiger partial charge in [-0.15, -0.1) is 11.3 Å². The molecule has 0 spiro atoms. The van der Waals surface area contributed by atoms with Crippen LogP contribution in [-0.4, -0.2) is 23.3 Å². The van der Waals surface area contributed by atoms with E-state index in [1.54, 1.807) is 19.1 Å². The number of carbonyl (C=O) groups is 2. The van der Waals surface area contributed by atoms with Gasteiger partial charge in [0.2, 0.25) is 11.8 Å². The monoisotopic (exact) mass is 329 g/mol. The number of aromatic nitrogens is 1. The zero-order chi connectivity index (χ0) is 16.2. The molecule has 3 rings (SSSR count). The molecular weight excluding hydrogens is 314 g/mol. The maximum absolute atomic E-state index is 11.9. The van der Waals surface area contributed by atoms with Crippen LogP contribution >= 0.6 is 11.3 Å². The fourth-order valence-corrected chi connectivity index (χ4v) is 2.73. The number of nitrogens with one attached hydrogen (secondary N) is 2. The van der Waals surface area contributed by atoms with Gasteiger partial charge in [-0.2, -0.15) is 0 Å². The van der Waals surface area contributed by atoms with Gasteiger partial charge in [0.1, 0.15) is 11.6 Å². The van der Waals surface area contributed by atoms with E-state index in [-0.39, 0.29) is 24.4 Å². The summed E-state index contributed by atoms with van der Waals surface area (Å²) in [4.78, 5) is 28.6. The second-order valence-electron chi connectivity index (χ2n) is 4.97. The van der Waals surface area contributed by atoms with Crippen molar-refractivity contribution in [2.45, 2.75) is 13.0 Å². The normalized spacial score (nSPS) is 12.0. The topological polar surface area (TPSA) is 84.2 Å². The van der Waals surface area contributed by atoms with Gasteiger partial charge >= 0.3 is 0 Å². The quantitative estimate of drug-likeness (QED) is 0.753. The van der Waals surface area contributed by atoms with E-state index in [4.69, 9.17) is 4.42 Å². The summed E-state index contributed by atoms with van der Waals surface area (Å²) in [7, 11) is 0. The number of oxazole rings is 1. The number of amides is 2. The number of thiophene rings is 1. The predicted octanol–water partition coefficient (Wildman–Crippen LogP) is 2.50. The van der Waals surface area contributed by atoms with Crippen molar-refractivity contribution < 1.29 is 14.0 Å². The average molecular weight is 329 g/mol. The number of nitrogens with zero attached hydrogens (tertiary/aromatic N) is 1. The highest BCUT2D eigenvalue weighted by Crippen LogP contribution is 2.19. The standard InChI is InChI=1S/C16H15N3O3S/c1-10(16-19-11-5-2-3-6-12(11)22-16)18-14(20)9-17-15(21)13-7-4-8-23-13/h2-8,10H,9H2,1H3,(H,17,21)(H,18,20). The van der Waals surface area contributed by atoms with Crippen LogP contribution in [0.4, 0.5) is 0 Å². The van der Waals surface area contributed by atoms with Gasteiger partial charge in [0, 0.05) is 0 Å². The maximum Gasteiger partial charge on any atom is 0.261 e. The van der Waals surface area contributed by atoms with Crippen molar-refractivity contribution in [2.75, 3.05) is 6.54 Å². The highest BCUT2D eigenvalue weighted by Gasteiger charge is 2.16. The van der Waals surface area contributed by atoms with Crippen LogP contribution in [0.1, 0.15) is 28.5 Å². The van der Waals surface area contributed by atoms with Gasteiger partial charge < -0.3 is 15.1 Å². The molecule has 2 aromatic heterocycles. The van der Waals surface area contributed by atoms with Gasteiger partial charge in [0.05, 0.1) is 11.4 Å². The zero-order valence-corrected chi connectivity index (χ0v) is 13.2. The lowest BCUT2D eigenvalue weighted by Crippen LogP contribution is -2.37. The second kappa shape index (κ2) is 6.62. The van der Waals surface area contributed by atoms with Crippen LogP contribution < -0.4 is 10.6 Å². The molecule has 0 fully saturated rings. The van der Waals surface area contributed by atoms with Crippen molar-refractivity contribution in [3.05, 3.63) is 52.5 Å². The Morgan fingerprint density at radius 2 is 2.09 bits per heavy atom. The molecular formula is C16H15N3O3S. The third-order valence-electron chi connectivity index (χ3n) is 3.21. The largest absolute Gasteiger partial charge is 0.438 e. The first kappa shape index (κ1) is 15.2. The Labute approximate surface area is 136 Å². The highest BCUT2D eigenvalue weighted by molar-refractivity contribution is 7.12. The number of fused-ring (bicyclic) bond motifs is 1. The number of rotatable bonds is 5. The SMILES string of the molecule is CC(NC(=O)CNC(=O)c1cccs1)c1nc2ccccc2o1. The summed E-state index contributed by atoms with van der Waals surface area (Å²) >= 11 is 1.33. The van der Waals surface area contributed by atoms with Crippen LogP contribution in [0.3, 0.4) is 0 Å². The van der Waals surface area contributed by atoms with E-state index in [2.05, 4.69) is 15.6 Å². The van der Waals surface area contributed by atoms with Crippen molar-refractivity contribution in [3.63, 3.8) is 0 Å². The van der Waals surface area contributed by atoms with Crippen molar-refractivity contribution in [2.24, 2.45) is 0 Å². The third-order valence-corrected chi connectivity index (χ3v) is 4.08. The van der Waals surface area contributed by atoms with Gasteiger partial charge in [0.25, 0.3) is 5.91 Å². The second-order valence-corrected chi connectivity index (χ2v) is 5.92. The molecule has 0 aliphatic heterocycles. The first-order chi connectivity index (χ1) is 11.1.